The van der Waals surface area contributed by atoms with Crippen LogP contribution >= 0.6 is 0 Å². The van der Waals surface area contributed by atoms with Crippen LogP contribution < -0.4 is 10.2 Å². The van der Waals surface area contributed by atoms with Gasteiger partial charge in [0.2, 0.25) is 5.95 Å². The van der Waals surface area contributed by atoms with E-state index in [-0.39, 0.29) is 12.6 Å². The molecule has 136 valence electrons. The van der Waals surface area contributed by atoms with Gasteiger partial charge in [-0.25, -0.2) is 4.98 Å². The molecular weight excluding hydrogens is 326 g/mol. The minimum Gasteiger partial charge on any atom is -0.394 e. The van der Waals surface area contributed by atoms with Gasteiger partial charge < -0.3 is 20.3 Å². The van der Waals surface area contributed by atoms with Crippen LogP contribution in [0.25, 0.3) is 10.9 Å². The van der Waals surface area contributed by atoms with Crippen LogP contribution in [0.2, 0.25) is 0 Å². The van der Waals surface area contributed by atoms with E-state index in [1.165, 1.54) is 5.39 Å². The molecule has 1 aliphatic rings. The topological polar surface area (TPSA) is 77.1 Å². The van der Waals surface area contributed by atoms with Gasteiger partial charge in [0.1, 0.15) is 5.82 Å². The summed E-state index contributed by atoms with van der Waals surface area (Å²) in [7, 11) is 0. The molecule has 6 heteroatoms. The van der Waals surface area contributed by atoms with E-state index >= 15 is 0 Å². The molecule has 0 amide bonds. The minimum atomic E-state index is 0.155. The standard InChI is InChI=1S/C20H25N5O/c1-2-4-15-12-19(25-10-3-5-17(25)13-26)24-20(22-15)23-16-7-6-14-8-9-21-18(14)11-16/h6-9,11-12,17,21,26H,2-5,10,13H2,1H3,(H,22,23,24). The molecule has 1 atom stereocenters. The smallest absolute Gasteiger partial charge is 0.229 e. The summed E-state index contributed by atoms with van der Waals surface area (Å²) in [5.74, 6) is 1.52. The third-order valence-corrected chi connectivity index (χ3v) is 4.97. The summed E-state index contributed by atoms with van der Waals surface area (Å²) >= 11 is 0. The number of hydrogen-bond donors (Lipinski definition) is 3. The van der Waals surface area contributed by atoms with E-state index in [9.17, 15) is 5.11 Å². The summed E-state index contributed by atoms with van der Waals surface area (Å²) in [4.78, 5) is 14.9. The number of fused-ring (bicyclic) bond motifs is 1. The Hall–Kier alpha value is -2.60. The molecule has 0 bridgehead atoms. The van der Waals surface area contributed by atoms with Gasteiger partial charge in [0.15, 0.2) is 0 Å². The van der Waals surface area contributed by atoms with Gasteiger partial charge in [-0.3, -0.25) is 0 Å². The van der Waals surface area contributed by atoms with Gasteiger partial charge in [-0.15, -0.1) is 0 Å². The molecule has 1 fully saturated rings. The van der Waals surface area contributed by atoms with Crippen LogP contribution in [0.3, 0.4) is 0 Å². The lowest BCUT2D eigenvalue weighted by Gasteiger charge is -2.25. The van der Waals surface area contributed by atoms with Crippen molar-refractivity contribution >= 4 is 28.4 Å². The number of rotatable bonds is 6. The maximum Gasteiger partial charge on any atom is 0.229 e. The molecule has 4 rings (SSSR count). The summed E-state index contributed by atoms with van der Waals surface area (Å²) in [6.45, 7) is 3.25. The summed E-state index contributed by atoms with van der Waals surface area (Å²) in [5.41, 5.74) is 3.07. The SMILES string of the molecule is CCCc1cc(N2CCCC2CO)nc(Nc2ccc3cc[nH]c3c2)n1. The fourth-order valence-corrected chi connectivity index (χ4v) is 3.65. The predicted octanol–water partition coefficient (Wildman–Crippen LogP) is 3.62. The first-order chi connectivity index (χ1) is 12.8. The Bertz CT molecular complexity index is 891. The second-order valence-electron chi connectivity index (χ2n) is 6.87. The maximum absolute atomic E-state index is 9.65. The number of aliphatic hydroxyl groups excluding tert-OH is 1. The van der Waals surface area contributed by atoms with Crippen LogP contribution in [0.4, 0.5) is 17.5 Å². The molecular formula is C20H25N5O. The highest BCUT2D eigenvalue weighted by Gasteiger charge is 2.25. The lowest BCUT2D eigenvalue weighted by molar-refractivity contribution is 0.266. The zero-order chi connectivity index (χ0) is 17.9. The fourth-order valence-electron chi connectivity index (χ4n) is 3.65. The van der Waals surface area contributed by atoms with Gasteiger partial charge in [0.25, 0.3) is 0 Å². The van der Waals surface area contributed by atoms with E-state index in [0.717, 1.165) is 54.9 Å². The first-order valence-corrected chi connectivity index (χ1v) is 9.36. The number of nitrogens with zero attached hydrogens (tertiary/aromatic N) is 3. The second-order valence-corrected chi connectivity index (χ2v) is 6.87. The van der Waals surface area contributed by atoms with Crippen molar-refractivity contribution in [3.63, 3.8) is 0 Å². The van der Waals surface area contributed by atoms with Crippen LogP contribution in [0, 0.1) is 0 Å². The summed E-state index contributed by atoms with van der Waals surface area (Å²) < 4.78 is 0. The Morgan fingerprint density at radius 1 is 1.27 bits per heavy atom. The Labute approximate surface area is 153 Å². The third kappa shape index (κ3) is 3.37. The van der Waals surface area contributed by atoms with Crippen molar-refractivity contribution in [3.05, 3.63) is 42.2 Å². The van der Waals surface area contributed by atoms with Crippen molar-refractivity contribution in [3.8, 4) is 0 Å². The molecule has 3 heterocycles. The van der Waals surface area contributed by atoms with Crippen molar-refractivity contribution in [1.29, 1.82) is 0 Å². The molecule has 1 aromatic carbocycles. The number of aromatic amines is 1. The van der Waals surface area contributed by atoms with E-state index < -0.39 is 0 Å². The Kier molecular flexibility index (Phi) is 4.75. The van der Waals surface area contributed by atoms with Crippen molar-refractivity contribution in [1.82, 2.24) is 15.0 Å². The number of hydrogen-bond acceptors (Lipinski definition) is 5. The molecule has 1 unspecified atom stereocenters. The van der Waals surface area contributed by atoms with E-state index in [0.29, 0.717) is 5.95 Å². The molecule has 2 aromatic heterocycles. The summed E-state index contributed by atoms with van der Waals surface area (Å²) in [6.07, 6.45) is 5.99. The molecule has 26 heavy (non-hydrogen) atoms. The minimum absolute atomic E-state index is 0.155. The average molecular weight is 351 g/mol. The van der Waals surface area contributed by atoms with Gasteiger partial charge >= 0.3 is 0 Å². The predicted molar refractivity (Wildman–Crippen MR) is 105 cm³/mol. The maximum atomic E-state index is 9.65. The number of H-pyrrole nitrogens is 1. The molecule has 0 aliphatic carbocycles. The number of benzene rings is 1. The molecule has 0 radical (unpaired) electrons. The molecule has 1 aliphatic heterocycles. The quantitative estimate of drug-likeness (QED) is 0.632. The molecule has 0 saturated carbocycles. The normalized spacial score (nSPS) is 17.2. The Morgan fingerprint density at radius 3 is 3.04 bits per heavy atom. The van der Waals surface area contributed by atoms with E-state index in [1.54, 1.807) is 0 Å². The molecule has 6 nitrogen and oxygen atoms in total. The van der Waals surface area contributed by atoms with Crippen LogP contribution in [0.1, 0.15) is 31.9 Å². The van der Waals surface area contributed by atoms with Crippen molar-refractivity contribution in [2.75, 3.05) is 23.4 Å². The number of aromatic nitrogens is 3. The number of aryl methyl sites for hydroxylation is 1. The highest BCUT2D eigenvalue weighted by Crippen LogP contribution is 2.27. The van der Waals surface area contributed by atoms with Crippen LogP contribution in [-0.4, -0.2) is 39.3 Å². The third-order valence-electron chi connectivity index (χ3n) is 4.97. The highest BCUT2D eigenvalue weighted by atomic mass is 16.3. The number of anilines is 3. The van der Waals surface area contributed by atoms with Gasteiger partial charge in [-0.05, 0) is 42.8 Å². The van der Waals surface area contributed by atoms with E-state index in [1.807, 2.05) is 12.3 Å². The van der Waals surface area contributed by atoms with E-state index in [2.05, 4.69) is 51.4 Å². The first kappa shape index (κ1) is 16.8. The molecule has 3 N–H and O–H groups in total. The Balaban J connectivity index is 1.65. The van der Waals surface area contributed by atoms with Crippen LogP contribution in [0.15, 0.2) is 36.5 Å². The largest absolute Gasteiger partial charge is 0.394 e. The Morgan fingerprint density at radius 2 is 2.19 bits per heavy atom. The first-order valence-electron chi connectivity index (χ1n) is 9.36. The summed E-state index contributed by atoms with van der Waals surface area (Å²) in [6, 6.07) is 10.5. The lowest BCUT2D eigenvalue weighted by atomic mass is 10.2. The van der Waals surface area contributed by atoms with Crippen LogP contribution in [0.5, 0.6) is 0 Å². The van der Waals surface area contributed by atoms with Gasteiger partial charge in [0, 0.05) is 35.7 Å². The molecule has 3 aromatic rings. The van der Waals surface area contributed by atoms with E-state index in [4.69, 9.17) is 4.98 Å². The lowest BCUT2D eigenvalue weighted by Crippen LogP contribution is -2.33. The van der Waals surface area contributed by atoms with Gasteiger partial charge in [0.05, 0.1) is 12.6 Å². The van der Waals surface area contributed by atoms with Crippen molar-refractivity contribution in [2.45, 2.75) is 38.6 Å². The van der Waals surface area contributed by atoms with Crippen LogP contribution in [-0.2, 0) is 6.42 Å². The monoisotopic (exact) mass is 351 g/mol. The highest BCUT2D eigenvalue weighted by molar-refractivity contribution is 5.83. The van der Waals surface area contributed by atoms with Crippen molar-refractivity contribution in [2.24, 2.45) is 0 Å². The molecule has 1 saturated heterocycles. The second kappa shape index (κ2) is 7.33. The number of nitrogens with one attached hydrogen (secondary N) is 2. The van der Waals surface area contributed by atoms with Gasteiger partial charge in [-0.2, -0.15) is 4.98 Å². The zero-order valence-electron chi connectivity index (χ0n) is 15.1. The number of aliphatic hydroxyl groups is 1. The van der Waals surface area contributed by atoms with Gasteiger partial charge in [-0.1, -0.05) is 19.4 Å². The van der Waals surface area contributed by atoms with Crippen molar-refractivity contribution < 1.29 is 5.11 Å². The summed E-state index contributed by atoms with van der Waals surface area (Å²) in [5, 5.41) is 14.2. The molecule has 0 spiro atoms. The average Bonchev–Trinajstić information content (AvgIpc) is 3.30. The zero-order valence-corrected chi connectivity index (χ0v) is 15.1. The fraction of sp³-hybridized carbons (Fsp3) is 0.400.